The van der Waals surface area contributed by atoms with E-state index in [-0.39, 0.29) is 18.5 Å². The van der Waals surface area contributed by atoms with Gasteiger partial charge in [0.2, 0.25) is 0 Å². The van der Waals surface area contributed by atoms with Crippen LogP contribution >= 0.6 is 19.2 Å². The zero-order valence-corrected chi connectivity index (χ0v) is 13.1. The molecule has 6 nitrogen and oxygen atoms in total. The molecular formula is C13H17ClNO5P. The lowest BCUT2D eigenvalue weighted by Gasteiger charge is -2.10. The number of carbonyl (C=O) groups is 1. The summed E-state index contributed by atoms with van der Waals surface area (Å²) in [4.78, 5) is 29.3. The molecule has 0 aromatic heterocycles. The number of esters is 1. The quantitative estimate of drug-likeness (QED) is 0.417. The second kappa shape index (κ2) is 7.61. The Hall–Kier alpha value is -1.33. The van der Waals surface area contributed by atoms with E-state index in [1.165, 1.54) is 6.08 Å². The highest BCUT2D eigenvalue weighted by Crippen LogP contribution is 2.37. The van der Waals surface area contributed by atoms with Crippen molar-refractivity contribution in [3.63, 3.8) is 0 Å². The van der Waals surface area contributed by atoms with Crippen molar-refractivity contribution in [2.45, 2.75) is 13.5 Å². The maximum atomic E-state index is 11.7. The van der Waals surface area contributed by atoms with Gasteiger partial charge in [-0.2, -0.15) is 0 Å². The van der Waals surface area contributed by atoms with E-state index in [0.717, 1.165) is 0 Å². The van der Waals surface area contributed by atoms with Crippen LogP contribution < -0.4 is 5.73 Å². The second-order valence-electron chi connectivity index (χ2n) is 4.61. The van der Waals surface area contributed by atoms with Crippen LogP contribution in [0, 0.1) is 5.92 Å². The highest BCUT2D eigenvalue weighted by Gasteiger charge is 2.18. The number of rotatable bonds is 6. The van der Waals surface area contributed by atoms with Crippen LogP contribution in [0.5, 0.6) is 0 Å². The third kappa shape index (κ3) is 6.78. The Morgan fingerprint density at radius 1 is 1.48 bits per heavy atom. The molecule has 116 valence electrons. The predicted octanol–water partition coefficient (Wildman–Crippen LogP) is 2.04. The van der Waals surface area contributed by atoms with Gasteiger partial charge >= 0.3 is 13.6 Å². The molecule has 0 radical (unpaired) electrons. The number of hydrogen-bond donors (Lipinski definition) is 3. The summed E-state index contributed by atoms with van der Waals surface area (Å²) < 4.78 is 15.8. The summed E-state index contributed by atoms with van der Waals surface area (Å²) in [5, 5.41) is 0.475. The van der Waals surface area contributed by atoms with Gasteiger partial charge < -0.3 is 20.3 Å². The van der Waals surface area contributed by atoms with Crippen molar-refractivity contribution in [3.05, 3.63) is 46.6 Å². The van der Waals surface area contributed by atoms with Gasteiger partial charge in [-0.05, 0) is 12.0 Å². The smallest absolute Gasteiger partial charge is 0.354 e. The molecule has 0 heterocycles. The highest BCUT2D eigenvalue weighted by atomic mass is 35.5. The summed E-state index contributed by atoms with van der Waals surface area (Å²) >= 11 is 5.92. The summed E-state index contributed by atoms with van der Waals surface area (Å²) in [6, 6.07) is 6.90. The molecule has 0 bridgehead atoms. The van der Waals surface area contributed by atoms with E-state index in [1.807, 2.05) is 0 Å². The molecule has 0 aliphatic rings. The van der Waals surface area contributed by atoms with Gasteiger partial charge in [0.05, 0.1) is 6.16 Å². The molecule has 0 fully saturated rings. The molecule has 1 atom stereocenters. The normalized spacial score (nSPS) is 13.8. The van der Waals surface area contributed by atoms with E-state index in [0.29, 0.717) is 10.6 Å². The molecule has 21 heavy (non-hydrogen) atoms. The van der Waals surface area contributed by atoms with E-state index >= 15 is 0 Å². The molecule has 1 aromatic carbocycles. The number of ether oxygens (including phenoxy) is 1. The minimum Gasteiger partial charge on any atom is -0.456 e. The van der Waals surface area contributed by atoms with Gasteiger partial charge in [0, 0.05) is 10.6 Å². The minimum atomic E-state index is -4.15. The zero-order valence-electron chi connectivity index (χ0n) is 11.4. The largest absolute Gasteiger partial charge is 0.456 e. The van der Waals surface area contributed by atoms with Gasteiger partial charge in [-0.25, -0.2) is 4.79 Å². The number of benzene rings is 1. The van der Waals surface area contributed by atoms with Crippen LogP contribution in [0.15, 0.2) is 36.0 Å². The number of halogens is 1. The summed E-state index contributed by atoms with van der Waals surface area (Å²) in [5.41, 5.74) is 5.99. The van der Waals surface area contributed by atoms with Gasteiger partial charge in [0.25, 0.3) is 0 Å². The fraction of sp³-hybridized carbons (Fsp3) is 0.308. The number of hydrogen-bond acceptors (Lipinski definition) is 4. The van der Waals surface area contributed by atoms with E-state index in [4.69, 9.17) is 31.9 Å². The minimum absolute atomic E-state index is 0.0279. The molecule has 0 aliphatic carbocycles. The zero-order chi connectivity index (χ0) is 16.0. The molecular weight excluding hydrogens is 317 g/mol. The molecule has 0 spiro atoms. The van der Waals surface area contributed by atoms with Crippen molar-refractivity contribution in [2.24, 2.45) is 11.7 Å². The van der Waals surface area contributed by atoms with Crippen LogP contribution in [-0.4, -0.2) is 21.9 Å². The summed E-state index contributed by atoms with van der Waals surface area (Å²) in [6.07, 6.45) is 0.888. The van der Waals surface area contributed by atoms with Crippen LogP contribution in [0.1, 0.15) is 12.5 Å². The van der Waals surface area contributed by atoms with E-state index in [1.54, 1.807) is 31.2 Å². The van der Waals surface area contributed by atoms with Crippen LogP contribution in [-0.2, 0) is 20.7 Å². The number of carbonyl (C=O) groups excluding carboxylic acids is 1. The van der Waals surface area contributed by atoms with Crippen LogP contribution in [0.25, 0.3) is 0 Å². The lowest BCUT2D eigenvalue weighted by Crippen LogP contribution is -2.16. The molecule has 1 unspecified atom stereocenters. The van der Waals surface area contributed by atoms with E-state index in [2.05, 4.69) is 0 Å². The monoisotopic (exact) mass is 333 g/mol. The first-order valence-corrected chi connectivity index (χ1v) is 8.29. The van der Waals surface area contributed by atoms with E-state index < -0.39 is 19.5 Å². The fourth-order valence-corrected chi connectivity index (χ4v) is 2.69. The van der Waals surface area contributed by atoms with Gasteiger partial charge in [-0.1, -0.05) is 42.8 Å². The summed E-state index contributed by atoms with van der Waals surface area (Å²) in [5.74, 6) is -1.30. The Morgan fingerprint density at radius 2 is 2.10 bits per heavy atom. The second-order valence-corrected chi connectivity index (χ2v) is 6.72. The van der Waals surface area contributed by atoms with Crippen LogP contribution in [0.3, 0.4) is 0 Å². The molecule has 1 aromatic rings. The van der Waals surface area contributed by atoms with Crippen molar-refractivity contribution in [3.8, 4) is 0 Å². The van der Waals surface area contributed by atoms with Crippen LogP contribution in [0.4, 0.5) is 0 Å². The first-order valence-electron chi connectivity index (χ1n) is 6.11. The lowest BCUT2D eigenvalue weighted by molar-refractivity contribution is -0.140. The molecule has 1 rings (SSSR count). The first-order chi connectivity index (χ1) is 9.69. The fourth-order valence-electron chi connectivity index (χ4n) is 1.64. The average Bonchev–Trinajstić information content (AvgIpc) is 2.34. The Bertz CT molecular complexity index is 584. The summed E-state index contributed by atoms with van der Waals surface area (Å²) in [6.45, 7) is 1.52. The maximum Gasteiger partial charge on any atom is 0.354 e. The Labute approximate surface area is 127 Å². The van der Waals surface area contributed by atoms with Gasteiger partial charge in [-0.15, -0.1) is 0 Å². The summed E-state index contributed by atoms with van der Waals surface area (Å²) in [7, 11) is -4.15. The molecule has 4 N–H and O–H groups in total. The van der Waals surface area contributed by atoms with Crippen molar-refractivity contribution in [1.82, 2.24) is 0 Å². The standard InChI is InChI=1S/C13H17ClNO5P/c1-9(8-21(17,18)19)6-12(15)13(16)20-7-10-4-2-3-5-11(10)14/h2-6,9H,7-8,15H2,1H3,(H2,17,18,19). The Kier molecular flexibility index (Phi) is 6.42. The van der Waals surface area contributed by atoms with Gasteiger partial charge in [0.15, 0.2) is 0 Å². The predicted molar refractivity (Wildman–Crippen MR) is 79.6 cm³/mol. The van der Waals surface area contributed by atoms with Crippen LogP contribution in [0.2, 0.25) is 5.02 Å². The van der Waals surface area contributed by atoms with Crippen molar-refractivity contribution >= 4 is 25.2 Å². The molecule has 0 saturated heterocycles. The Balaban J connectivity index is 2.59. The van der Waals surface area contributed by atoms with Gasteiger partial charge in [-0.3, -0.25) is 4.57 Å². The molecule has 0 saturated carbocycles. The number of nitrogens with two attached hydrogens (primary N) is 1. The Morgan fingerprint density at radius 3 is 2.67 bits per heavy atom. The average molecular weight is 334 g/mol. The lowest BCUT2D eigenvalue weighted by atomic mass is 10.2. The topological polar surface area (TPSA) is 110 Å². The van der Waals surface area contributed by atoms with Crippen molar-refractivity contribution < 1.29 is 23.9 Å². The maximum absolute atomic E-state index is 11.7. The first kappa shape index (κ1) is 17.7. The third-order valence-corrected chi connectivity index (χ3v) is 3.96. The van der Waals surface area contributed by atoms with Crippen molar-refractivity contribution in [2.75, 3.05) is 6.16 Å². The third-order valence-electron chi connectivity index (χ3n) is 2.54. The van der Waals surface area contributed by atoms with Crippen molar-refractivity contribution in [1.29, 1.82) is 0 Å². The molecule has 0 amide bonds. The van der Waals surface area contributed by atoms with E-state index in [9.17, 15) is 9.36 Å². The van der Waals surface area contributed by atoms with Gasteiger partial charge in [0.1, 0.15) is 12.3 Å². The molecule has 8 heteroatoms. The number of allylic oxidation sites excluding steroid dienone is 1. The molecule has 0 aliphatic heterocycles. The SMILES string of the molecule is CC(C=C(N)C(=O)OCc1ccccc1Cl)CP(=O)(O)O. The highest BCUT2D eigenvalue weighted by molar-refractivity contribution is 7.51.